The van der Waals surface area contributed by atoms with Crippen LogP contribution < -0.4 is 0 Å². The van der Waals surface area contributed by atoms with E-state index in [1.165, 1.54) is 0 Å². The topological polar surface area (TPSA) is 76.3 Å². The van der Waals surface area contributed by atoms with Gasteiger partial charge in [-0.15, -0.1) is 0 Å². The zero-order valence-electron chi connectivity index (χ0n) is 17.1. The summed E-state index contributed by atoms with van der Waals surface area (Å²) in [6, 6.07) is 3.51. The van der Waals surface area contributed by atoms with Crippen molar-refractivity contribution in [1.82, 2.24) is 29.4 Å². The standard InChI is InChI=1S/C19H28N6O2/c1-12-8-15(22(6)20-12)17(26)24-11-19(4,5)25(10-14(24)3)18(27)16-9-13(2)21-23(16)7/h8-9,14H,10-11H2,1-7H3/t14-/m0/s1. The zero-order chi connectivity index (χ0) is 20.1. The Labute approximate surface area is 159 Å². The molecule has 3 heterocycles. The highest BCUT2D eigenvalue weighted by atomic mass is 16.2. The zero-order valence-corrected chi connectivity index (χ0v) is 17.1. The maximum Gasteiger partial charge on any atom is 0.272 e. The van der Waals surface area contributed by atoms with Gasteiger partial charge in [0, 0.05) is 33.2 Å². The summed E-state index contributed by atoms with van der Waals surface area (Å²) < 4.78 is 3.24. The molecular weight excluding hydrogens is 344 g/mol. The van der Waals surface area contributed by atoms with Crippen LogP contribution in [0.1, 0.15) is 53.1 Å². The monoisotopic (exact) mass is 372 g/mol. The maximum atomic E-state index is 13.1. The number of nitrogens with zero attached hydrogens (tertiary/aromatic N) is 6. The van der Waals surface area contributed by atoms with Crippen LogP contribution in [0.15, 0.2) is 12.1 Å². The summed E-state index contributed by atoms with van der Waals surface area (Å²) in [5.41, 5.74) is 2.26. The lowest BCUT2D eigenvalue weighted by molar-refractivity contribution is -0.00153. The molecule has 0 spiro atoms. The van der Waals surface area contributed by atoms with Crippen molar-refractivity contribution in [2.45, 2.75) is 46.2 Å². The third-order valence-electron chi connectivity index (χ3n) is 5.22. The van der Waals surface area contributed by atoms with Crippen molar-refractivity contribution in [2.24, 2.45) is 14.1 Å². The van der Waals surface area contributed by atoms with E-state index in [2.05, 4.69) is 10.2 Å². The second kappa shape index (κ2) is 6.51. The molecule has 1 saturated heterocycles. The van der Waals surface area contributed by atoms with Crippen LogP contribution in [0.2, 0.25) is 0 Å². The van der Waals surface area contributed by atoms with Crippen molar-refractivity contribution in [3.05, 3.63) is 34.9 Å². The largest absolute Gasteiger partial charge is 0.331 e. The fourth-order valence-corrected chi connectivity index (χ4v) is 3.80. The average Bonchev–Trinajstić information content (AvgIpc) is 3.08. The van der Waals surface area contributed by atoms with E-state index in [1.54, 1.807) is 35.6 Å². The minimum absolute atomic E-state index is 0.0536. The molecular formula is C19H28N6O2. The van der Waals surface area contributed by atoms with Crippen molar-refractivity contribution < 1.29 is 9.59 Å². The van der Waals surface area contributed by atoms with Crippen LogP contribution in [0.25, 0.3) is 0 Å². The number of hydrogen-bond acceptors (Lipinski definition) is 4. The number of amides is 2. The van der Waals surface area contributed by atoms with Gasteiger partial charge in [-0.2, -0.15) is 10.2 Å². The molecule has 8 nitrogen and oxygen atoms in total. The Hall–Kier alpha value is -2.64. The summed E-state index contributed by atoms with van der Waals surface area (Å²) in [5.74, 6) is -0.111. The number of piperazine rings is 1. The SMILES string of the molecule is Cc1cc(C(=O)N2CC(C)(C)N(C(=O)c3cc(C)nn3C)C[C@@H]2C)n(C)n1. The first-order valence-corrected chi connectivity index (χ1v) is 9.15. The summed E-state index contributed by atoms with van der Waals surface area (Å²) in [7, 11) is 3.56. The van der Waals surface area contributed by atoms with Crippen LogP contribution >= 0.6 is 0 Å². The predicted octanol–water partition coefficient (Wildman–Crippen LogP) is 1.54. The van der Waals surface area contributed by atoms with Gasteiger partial charge in [-0.05, 0) is 46.8 Å². The molecule has 0 radical (unpaired) electrons. The quantitative estimate of drug-likeness (QED) is 0.801. The van der Waals surface area contributed by atoms with Gasteiger partial charge in [0.15, 0.2) is 0 Å². The molecule has 0 aliphatic carbocycles. The van der Waals surface area contributed by atoms with E-state index in [0.29, 0.717) is 24.5 Å². The smallest absolute Gasteiger partial charge is 0.272 e. The molecule has 2 amide bonds. The van der Waals surface area contributed by atoms with Crippen molar-refractivity contribution in [2.75, 3.05) is 13.1 Å². The molecule has 8 heteroatoms. The molecule has 2 aromatic heterocycles. The number of aromatic nitrogens is 4. The molecule has 27 heavy (non-hydrogen) atoms. The molecule has 2 aromatic rings. The van der Waals surface area contributed by atoms with Gasteiger partial charge in [0.1, 0.15) is 11.4 Å². The van der Waals surface area contributed by atoms with Crippen molar-refractivity contribution in [3.8, 4) is 0 Å². The van der Waals surface area contributed by atoms with E-state index in [4.69, 9.17) is 0 Å². The van der Waals surface area contributed by atoms with Gasteiger partial charge in [0.25, 0.3) is 11.8 Å². The number of aryl methyl sites for hydroxylation is 4. The Morgan fingerprint density at radius 2 is 1.48 bits per heavy atom. The van der Waals surface area contributed by atoms with Crippen molar-refractivity contribution in [3.63, 3.8) is 0 Å². The second-order valence-electron chi connectivity index (χ2n) is 8.10. The lowest BCUT2D eigenvalue weighted by atomic mass is 9.94. The van der Waals surface area contributed by atoms with Crippen LogP contribution in [-0.4, -0.2) is 65.8 Å². The highest BCUT2D eigenvalue weighted by molar-refractivity contribution is 5.95. The summed E-state index contributed by atoms with van der Waals surface area (Å²) in [6.45, 7) is 10.6. The summed E-state index contributed by atoms with van der Waals surface area (Å²) >= 11 is 0. The van der Waals surface area contributed by atoms with Gasteiger partial charge in [0.05, 0.1) is 16.9 Å². The van der Waals surface area contributed by atoms with E-state index < -0.39 is 5.54 Å². The molecule has 1 aliphatic heterocycles. The van der Waals surface area contributed by atoms with E-state index >= 15 is 0 Å². The Kier molecular flexibility index (Phi) is 4.61. The van der Waals surface area contributed by atoms with Crippen LogP contribution in [0.3, 0.4) is 0 Å². The summed E-state index contributed by atoms with van der Waals surface area (Å²) in [4.78, 5) is 29.9. The van der Waals surface area contributed by atoms with E-state index in [9.17, 15) is 9.59 Å². The van der Waals surface area contributed by atoms with Gasteiger partial charge < -0.3 is 9.80 Å². The van der Waals surface area contributed by atoms with Gasteiger partial charge in [0.2, 0.25) is 0 Å². The molecule has 0 unspecified atom stereocenters. The van der Waals surface area contributed by atoms with Gasteiger partial charge in [-0.3, -0.25) is 19.0 Å². The Morgan fingerprint density at radius 1 is 1.00 bits per heavy atom. The normalized spacial score (nSPS) is 19.4. The average molecular weight is 372 g/mol. The lowest BCUT2D eigenvalue weighted by Gasteiger charge is -2.50. The predicted molar refractivity (Wildman–Crippen MR) is 102 cm³/mol. The number of carbonyl (C=O) groups is 2. The first kappa shape index (κ1) is 19.1. The Bertz CT molecular complexity index is 894. The molecule has 1 atom stereocenters. The van der Waals surface area contributed by atoms with Gasteiger partial charge in [-0.25, -0.2) is 0 Å². The molecule has 1 fully saturated rings. The van der Waals surface area contributed by atoms with E-state index in [1.807, 2.05) is 44.4 Å². The highest BCUT2D eigenvalue weighted by Gasteiger charge is 2.43. The number of carbonyl (C=O) groups excluding carboxylic acids is 2. The Morgan fingerprint density at radius 3 is 1.93 bits per heavy atom. The van der Waals surface area contributed by atoms with Crippen molar-refractivity contribution >= 4 is 11.8 Å². The number of rotatable bonds is 2. The third-order valence-corrected chi connectivity index (χ3v) is 5.22. The third kappa shape index (κ3) is 3.36. The molecule has 146 valence electrons. The fraction of sp³-hybridized carbons (Fsp3) is 0.579. The molecule has 0 saturated carbocycles. The first-order chi connectivity index (χ1) is 12.5. The minimum atomic E-state index is -0.495. The van der Waals surface area contributed by atoms with Gasteiger partial charge >= 0.3 is 0 Å². The summed E-state index contributed by atoms with van der Waals surface area (Å²) in [6.07, 6.45) is 0. The molecule has 0 bridgehead atoms. The summed E-state index contributed by atoms with van der Waals surface area (Å²) in [5, 5.41) is 8.56. The Balaban J connectivity index is 1.86. The van der Waals surface area contributed by atoms with Crippen LogP contribution in [0.5, 0.6) is 0 Å². The van der Waals surface area contributed by atoms with E-state index in [0.717, 1.165) is 11.4 Å². The molecule has 3 rings (SSSR count). The lowest BCUT2D eigenvalue weighted by Crippen LogP contribution is -2.65. The van der Waals surface area contributed by atoms with E-state index in [-0.39, 0.29) is 17.9 Å². The van der Waals surface area contributed by atoms with Crippen molar-refractivity contribution in [1.29, 1.82) is 0 Å². The van der Waals surface area contributed by atoms with Crippen LogP contribution in [0.4, 0.5) is 0 Å². The van der Waals surface area contributed by atoms with Gasteiger partial charge in [-0.1, -0.05) is 0 Å². The molecule has 1 aliphatic rings. The number of hydrogen-bond donors (Lipinski definition) is 0. The first-order valence-electron chi connectivity index (χ1n) is 9.15. The minimum Gasteiger partial charge on any atom is -0.331 e. The van der Waals surface area contributed by atoms with Crippen LogP contribution in [-0.2, 0) is 14.1 Å². The molecule has 0 aromatic carbocycles. The van der Waals surface area contributed by atoms with Crippen LogP contribution in [0, 0.1) is 13.8 Å². The highest BCUT2D eigenvalue weighted by Crippen LogP contribution is 2.27. The maximum absolute atomic E-state index is 13.1. The molecule has 0 N–H and O–H groups in total. The second-order valence-corrected chi connectivity index (χ2v) is 8.10. The fourth-order valence-electron chi connectivity index (χ4n) is 3.80.